The second-order valence-electron chi connectivity index (χ2n) is 9.03. The van der Waals surface area contributed by atoms with Crippen LogP contribution in [0.25, 0.3) is 0 Å². The van der Waals surface area contributed by atoms with Crippen molar-refractivity contribution in [2.24, 2.45) is 0 Å². The van der Waals surface area contributed by atoms with Crippen LogP contribution in [-0.2, 0) is 16.1 Å². The van der Waals surface area contributed by atoms with E-state index in [-0.39, 0.29) is 24.5 Å². The van der Waals surface area contributed by atoms with E-state index in [9.17, 15) is 9.59 Å². The summed E-state index contributed by atoms with van der Waals surface area (Å²) in [6.45, 7) is 6.14. The van der Waals surface area contributed by atoms with Gasteiger partial charge in [0.05, 0.1) is 0 Å². The Morgan fingerprint density at radius 2 is 1.70 bits per heavy atom. The molecule has 0 aliphatic heterocycles. The first kappa shape index (κ1) is 25.1. The number of aryl methyl sites for hydroxylation is 2. The van der Waals surface area contributed by atoms with Crippen LogP contribution in [0.5, 0.6) is 5.75 Å². The van der Waals surface area contributed by atoms with Crippen LogP contribution in [0, 0.1) is 13.8 Å². The lowest BCUT2D eigenvalue weighted by atomic mass is 9.95. The van der Waals surface area contributed by atoms with Crippen molar-refractivity contribution in [3.05, 3.63) is 64.2 Å². The lowest BCUT2D eigenvalue weighted by molar-refractivity contribution is -0.143. The molecule has 0 radical (unpaired) electrons. The van der Waals surface area contributed by atoms with Crippen molar-refractivity contribution in [2.75, 3.05) is 6.61 Å². The third-order valence-corrected chi connectivity index (χ3v) is 6.41. The Balaban J connectivity index is 1.76. The van der Waals surface area contributed by atoms with E-state index in [0.29, 0.717) is 23.7 Å². The van der Waals surface area contributed by atoms with Crippen LogP contribution in [0.4, 0.5) is 0 Å². The van der Waals surface area contributed by atoms with E-state index in [4.69, 9.17) is 16.3 Å². The molecule has 1 atom stereocenters. The van der Waals surface area contributed by atoms with Crippen LogP contribution < -0.4 is 10.1 Å². The smallest absolute Gasteiger partial charge is 0.261 e. The van der Waals surface area contributed by atoms with E-state index in [0.717, 1.165) is 42.4 Å². The quantitative estimate of drug-likeness (QED) is 0.519. The fraction of sp³-hybridized carbons (Fsp3) is 0.481. The van der Waals surface area contributed by atoms with E-state index >= 15 is 0 Å². The summed E-state index contributed by atoms with van der Waals surface area (Å²) in [5.41, 5.74) is 3.07. The highest BCUT2D eigenvalue weighted by molar-refractivity contribution is 6.30. The van der Waals surface area contributed by atoms with Crippen molar-refractivity contribution < 1.29 is 14.3 Å². The standard InChI is InChI=1S/C27H35ClN2O3/c1-4-25(27(32)29-23-8-6-5-7-9-23)30(17-21-10-12-22(28)13-11-21)26(31)18-33-24-15-19(2)14-20(3)16-24/h10-16,23,25H,4-9,17-18H2,1-3H3,(H,29,32). The average Bonchev–Trinajstić information content (AvgIpc) is 2.78. The average molecular weight is 471 g/mol. The predicted octanol–water partition coefficient (Wildman–Crippen LogP) is 5.59. The van der Waals surface area contributed by atoms with Gasteiger partial charge in [0.2, 0.25) is 5.91 Å². The Morgan fingerprint density at radius 1 is 1.06 bits per heavy atom. The van der Waals surface area contributed by atoms with Crippen molar-refractivity contribution in [3.63, 3.8) is 0 Å². The minimum absolute atomic E-state index is 0.0851. The molecule has 1 fully saturated rings. The van der Waals surface area contributed by atoms with E-state index in [1.807, 2.05) is 45.0 Å². The summed E-state index contributed by atoms with van der Waals surface area (Å²) in [7, 11) is 0. The second kappa shape index (κ2) is 12.1. The molecule has 6 heteroatoms. The Kier molecular flexibility index (Phi) is 9.19. The molecule has 2 aromatic rings. The number of rotatable bonds is 9. The molecule has 0 spiro atoms. The summed E-state index contributed by atoms with van der Waals surface area (Å²) >= 11 is 6.04. The van der Waals surface area contributed by atoms with E-state index in [1.54, 1.807) is 17.0 Å². The summed E-state index contributed by atoms with van der Waals surface area (Å²) in [5.74, 6) is 0.361. The molecule has 1 N–H and O–H groups in total. The van der Waals surface area contributed by atoms with Gasteiger partial charge in [0.25, 0.3) is 5.91 Å². The maximum Gasteiger partial charge on any atom is 0.261 e. The number of nitrogens with zero attached hydrogens (tertiary/aromatic N) is 1. The number of benzene rings is 2. The number of amides is 2. The molecule has 0 aromatic heterocycles. The van der Waals surface area contributed by atoms with Crippen LogP contribution in [-0.4, -0.2) is 35.4 Å². The molecular formula is C27H35ClN2O3. The van der Waals surface area contributed by atoms with Gasteiger partial charge in [-0.1, -0.05) is 56.0 Å². The number of nitrogens with one attached hydrogen (secondary N) is 1. The lowest BCUT2D eigenvalue weighted by Gasteiger charge is -2.32. The highest BCUT2D eigenvalue weighted by Gasteiger charge is 2.30. The Labute approximate surface area is 202 Å². The van der Waals surface area contributed by atoms with Crippen molar-refractivity contribution in [1.82, 2.24) is 10.2 Å². The minimum atomic E-state index is -0.557. The van der Waals surface area contributed by atoms with Gasteiger partial charge in [0, 0.05) is 17.6 Å². The van der Waals surface area contributed by atoms with Crippen molar-refractivity contribution in [2.45, 2.75) is 77.9 Å². The zero-order chi connectivity index (χ0) is 23.8. The highest BCUT2D eigenvalue weighted by Crippen LogP contribution is 2.20. The fourth-order valence-corrected chi connectivity index (χ4v) is 4.62. The molecule has 1 saturated carbocycles. The third kappa shape index (κ3) is 7.50. The molecule has 0 heterocycles. The number of ether oxygens (including phenoxy) is 1. The predicted molar refractivity (Wildman–Crippen MR) is 133 cm³/mol. The van der Waals surface area contributed by atoms with Gasteiger partial charge in [-0.25, -0.2) is 0 Å². The number of carbonyl (C=O) groups excluding carboxylic acids is 2. The van der Waals surface area contributed by atoms with Gasteiger partial charge in [0.15, 0.2) is 6.61 Å². The molecule has 1 aliphatic rings. The van der Waals surface area contributed by atoms with E-state index < -0.39 is 6.04 Å². The minimum Gasteiger partial charge on any atom is -0.484 e. The summed E-state index contributed by atoms with van der Waals surface area (Å²) in [6.07, 6.45) is 6.03. The largest absolute Gasteiger partial charge is 0.484 e. The van der Waals surface area contributed by atoms with Crippen LogP contribution >= 0.6 is 11.6 Å². The molecule has 33 heavy (non-hydrogen) atoms. The number of carbonyl (C=O) groups is 2. The van der Waals surface area contributed by atoms with Crippen LogP contribution in [0.1, 0.15) is 62.1 Å². The third-order valence-electron chi connectivity index (χ3n) is 6.16. The number of hydrogen-bond acceptors (Lipinski definition) is 3. The summed E-state index contributed by atoms with van der Waals surface area (Å²) in [5, 5.41) is 3.83. The zero-order valence-corrected chi connectivity index (χ0v) is 20.7. The van der Waals surface area contributed by atoms with E-state index in [2.05, 4.69) is 11.4 Å². The molecule has 3 rings (SSSR count). The van der Waals surface area contributed by atoms with Gasteiger partial charge in [-0.3, -0.25) is 9.59 Å². The van der Waals surface area contributed by atoms with Gasteiger partial charge in [-0.2, -0.15) is 0 Å². The first-order chi connectivity index (χ1) is 15.9. The normalized spacial score (nSPS) is 15.0. The van der Waals surface area contributed by atoms with Crippen LogP contribution in [0.2, 0.25) is 5.02 Å². The van der Waals surface area contributed by atoms with Gasteiger partial charge >= 0.3 is 0 Å². The number of hydrogen-bond donors (Lipinski definition) is 1. The van der Waals surface area contributed by atoms with Crippen molar-refractivity contribution in [1.29, 1.82) is 0 Å². The van der Waals surface area contributed by atoms with Crippen molar-refractivity contribution in [3.8, 4) is 5.75 Å². The van der Waals surface area contributed by atoms with Crippen LogP contribution in [0.3, 0.4) is 0 Å². The Hall–Kier alpha value is -2.53. The van der Waals surface area contributed by atoms with Gasteiger partial charge in [-0.15, -0.1) is 0 Å². The molecule has 2 aromatic carbocycles. The lowest BCUT2D eigenvalue weighted by Crippen LogP contribution is -2.52. The zero-order valence-electron chi connectivity index (χ0n) is 19.9. The molecule has 0 bridgehead atoms. The van der Waals surface area contributed by atoms with Crippen molar-refractivity contribution >= 4 is 23.4 Å². The fourth-order valence-electron chi connectivity index (χ4n) is 4.49. The van der Waals surface area contributed by atoms with E-state index in [1.165, 1.54) is 6.42 Å². The van der Waals surface area contributed by atoms with Crippen LogP contribution in [0.15, 0.2) is 42.5 Å². The first-order valence-corrected chi connectivity index (χ1v) is 12.3. The molecule has 1 unspecified atom stereocenters. The number of halogens is 1. The topological polar surface area (TPSA) is 58.6 Å². The van der Waals surface area contributed by atoms with Gasteiger partial charge in [-0.05, 0) is 74.1 Å². The summed E-state index contributed by atoms with van der Waals surface area (Å²) in [4.78, 5) is 28.2. The molecule has 5 nitrogen and oxygen atoms in total. The maximum absolute atomic E-state index is 13.3. The van der Waals surface area contributed by atoms with Gasteiger partial charge in [0.1, 0.15) is 11.8 Å². The maximum atomic E-state index is 13.3. The molecule has 1 aliphatic carbocycles. The Bertz CT molecular complexity index is 919. The summed E-state index contributed by atoms with van der Waals surface area (Å²) < 4.78 is 5.85. The first-order valence-electron chi connectivity index (χ1n) is 11.9. The monoisotopic (exact) mass is 470 g/mol. The molecule has 178 valence electrons. The summed E-state index contributed by atoms with van der Waals surface area (Å²) in [6, 6.07) is 12.9. The molecular weight excluding hydrogens is 436 g/mol. The molecule has 0 saturated heterocycles. The van der Waals surface area contributed by atoms with Gasteiger partial charge < -0.3 is 15.0 Å². The highest BCUT2D eigenvalue weighted by atomic mass is 35.5. The molecule has 2 amide bonds. The SMILES string of the molecule is CCC(C(=O)NC1CCCCC1)N(Cc1ccc(Cl)cc1)C(=O)COc1cc(C)cc(C)c1. The second-order valence-corrected chi connectivity index (χ2v) is 9.46. The Morgan fingerprint density at radius 3 is 2.30 bits per heavy atom.